The van der Waals surface area contributed by atoms with Crippen molar-refractivity contribution < 1.29 is 4.52 Å². The molecule has 6 nitrogen and oxygen atoms in total. The highest BCUT2D eigenvalue weighted by molar-refractivity contribution is 14.0. The summed E-state index contributed by atoms with van der Waals surface area (Å²) in [6.45, 7) is 11.2. The van der Waals surface area contributed by atoms with Gasteiger partial charge in [0.1, 0.15) is 0 Å². The highest BCUT2D eigenvalue weighted by Gasteiger charge is 2.12. The molecule has 0 spiro atoms. The van der Waals surface area contributed by atoms with Crippen molar-refractivity contribution in [2.24, 2.45) is 4.99 Å². The molecule has 0 saturated heterocycles. The summed E-state index contributed by atoms with van der Waals surface area (Å²) in [7, 11) is 1.77. The first-order chi connectivity index (χ1) is 9.31. The molecule has 0 radical (unpaired) electrons. The minimum Gasteiger partial charge on any atom is -0.356 e. The van der Waals surface area contributed by atoms with Gasteiger partial charge in [-0.15, -0.1) is 24.0 Å². The predicted octanol–water partition coefficient (Wildman–Crippen LogP) is 2.71. The largest absolute Gasteiger partial charge is 0.356 e. The Hall–Kier alpha value is -0.860. The third kappa shape index (κ3) is 8.23. The Morgan fingerprint density at radius 1 is 1.33 bits per heavy atom. The summed E-state index contributed by atoms with van der Waals surface area (Å²) in [6, 6.07) is 0. The number of aromatic nitrogens is 2. The zero-order valence-corrected chi connectivity index (χ0v) is 16.2. The van der Waals surface area contributed by atoms with Gasteiger partial charge in [0, 0.05) is 31.5 Å². The zero-order valence-electron chi connectivity index (χ0n) is 13.9. The van der Waals surface area contributed by atoms with E-state index in [4.69, 9.17) is 4.52 Å². The Morgan fingerprint density at radius 2 is 2.00 bits per heavy atom. The van der Waals surface area contributed by atoms with Crippen LogP contribution in [0.3, 0.4) is 0 Å². The Kier molecular flexibility index (Phi) is 8.84. The van der Waals surface area contributed by atoms with E-state index in [9.17, 15) is 0 Å². The lowest BCUT2D eigenvalue weighted by Gasteiger charge is -2.23. The topological polar surface area (TPSA) is 75.3 Å². The summed E-state index contributed by atoms with van der Waals surface area (Å²) in [5, 5.41) is 10.5. The van der Waals surface area contributed by atoms with Crippen molar-refractivity contribution in [3.8, 4) is 0 Å². The van der Waals surface area contributed by atoms with Gasteiger partial charge < -0.3 is 15.2 Å². The molecule has 0 aliphatic heterocycles. The molecule has 122 valence electrons. The van der Waals surface area contributed by atoms with Crippen molar-refractivity contribution in [3.05, 3.63) is 11.7 Å². The molecule has 0 saturated carbocycles. The molecule has 21 heavy (non-hydrogen) atoms. The van der Waals surface area contributed by atoms with Gasteiger partial charge in [0.25, 0.3) is 0 Å². The van der Waals surface area contributed by atoms with Crippen LogP contribution >= 0.6 is 24.0 Å². The van der Waals surface area contributed by atoms with E-state index in [1.165, 1.54) is 0 Å². The van der Waals surface area contributed by atoms with E-state index in [2.05, 4.69) is 60.4 Å². The molecule has 0 atom stereocenters. The number of aryl methyl sites for hydroxylation is 1. The van der Waals surface area contributed by atoms with Crippen molar-refractivity contribution >= 4 is 29.9 Å². The second-order valence-electron chi connectivity index (χ2n) is 6.18. The van der Waals surface area contributed by atoms with Crippen LogP contribution in [0.4, 0.5) is 0 Å². The van der Waals surface area contributed by atoms with Gasteiger partial charge in [0.2, 0.25) is 5.89 Å². The molecule has 1 heterocycles. The van der Waals surface area contributed by atoms with Gasteiger partial charge in [-0.05, 0) is 27.2 Å². The van der Waals surface area contributed by atoms with E-state index in [1.807, 2.05) is 0 Å². The third-order valence-electron chi connectivity index (χ3n) is 2.58. The number of hydrogen-bond acceptors (Lipinski definition) is 4. The molecule has 1 aromatic heterocycles. The Balaban J connectivity index is 0.00000400. The maximum atomic E-state index is 5.21. The van der Waals surface area contributed by atoms with Crippen LogP contribution in [0.1, 0.15) is 58.7 Å². The van der Waals surface area contributed by atoms with Gasteiger partial charge in [0.05, 0.1) is 0 Å². The fourth-order valence-corrected chi connectivity index (χ4v) is 1.58. The van der Waals surface area contributed by atoms with Crippen LogP contribution in [0.2, 0.25) is 0 Å². The SMILES string of the molecule is CN=C(NCCCc1nc(C(C)C)no1)NC(C)(C)C.I. The van der Waals surface area contributed by atoms with Crippen LogP contribution in [0.5, 0.6) is 0 Å². The monoisotopic (exact) mass is 409 g/mol. The molecule has 0 unspecified atom stereocenters. The van der Waals surface area contributed by atoms with E-state index in [0.29, 0.717) is 11.8 Å². The van der Waals surface area contributed by atoms with Crippen molar-refractivity contribution in [1.29, 1.82) is 0 Å². The first-order valence-electron chi connectivity index (χ1n) is 7.13. The van der Waals surface area contributed by atoms with Gasteiger partial charge in [0.15, 0.2) is 11.8 Å². The molecule has 0 bridgehead atoms. The quantitative estimate of drug-likeness (QED) is 0.339. The van der Waals surface area contributed by atoms with E-state index in [1.54, 1.807) is 7.05 Å². The second-order valence-corrected chi connectivity index (χ2v) is 6.18. The highest BCUT2D eigenvalue weighted by Crippen LogP contribution is 2.10. The van der Waals surface area contributed by atoms with E-state index in [-0.39, 0.29) is 29.5 Å². The second kappa shape index (κ2) is 9.22. The maximum absolute atomic E-state index is 5.21. The first kappa shape index (κ1) is 20.1. The molecule has 0 aromatic carbocycles. The lowest BCUT2D eigenvalue weighted by atomic mass is 10.1. The van der Waals surface area contributed by atoms with E-state index < -0.39 is 0 Å². The molecule has 1 aromatic rings. The lowest BCUT2D eigenvalue weighted by molar-refractivity contribution is 0.368. The molecule has 2 N–H and O–H groups in total. The van der Waals surface area contributed by atoms with Crippen molar-refractivity contribution in [1.82, 2.24) is 20.8 Å². The number of guanidine groups is 1. The Labute approximate surface area is 144 Å². The van der Waals surface area contributed by atoms with Gasteiger partial charge in [-0.2, -0.15) is 4.98 Å². The van der Waals surface area contributed by atoms with Crippen LogP contribution in [-0.4, -0.2) is 35.2 Å². The Morgan fingerprint density at radius 3 is 2.48 bits per heavy atom. The van der Waals surface area contributed by atoms with Gasteiger partial charge in [-0.1, -0.05) is 19.0 Å². The van der Waals surface area contributed by atoms with Crippen LogP contribution in [0.15, 0.2) is 9.52 Å². The van der Waals surface area contributed by atoms with Crippen LogP contribution < -0.4 is 10.6 Å². The molecule has 0 aliphatic rings. The number of nitrogens with zero attached hydrogens (tertiary/aromatic N) is 3. The average Bonchev–Trinajstić information content (AvgIpc) is 2.80. The van der Waals surface area contributed by atoms with Crippen molar-refractivity contribution in [2.45, 2.75) is 58.9 Å². The fourth-order valence-electron chi connectivity index (χ4n) is 1.58. The number of halogens is 1. The average molecular weight is 409 g/mol. The summed E-state index contributed by atoms with van der Waals surface area (Å²) in [4.78, 5) is 8.54. The van der Waals surface area contributed by atoms with E-state index >= 15 is 0 Å². The smallest absolute Gasteiger partial charge is 0.226 e. The number of nitrogens with one attached hydrogen (secondary N) is 2. The molecule has 7 heteroatoms. The summed E-state index contributed by atoms with van der Waals surface area (Å²) in [6.07, 6.45) is 1.70. The minimum atomic E-state index is 0. The van der Waals surface area contributed by atoms with E-state index in [0.717, 1.165) is 31.2 Å². The number of rotatable bonds is 5. The summed E-state index contributed by atoms with van der Waals surface area (Å²) in [5.41, 5.74) is 0.000492. The van der Waals surface area contributed by atoms with Crippen LogP contribution in [0.25, 0.3) is 0 Å². The standard InChI is InChI=1S/C14H27N5O.HI/c1-10(2)12-17-11(20-19-12)8-7-9-16-13(15-6)18-14(3,4)5;/h10H,7-9H2,1-6H3,(H2,15,16,18);1H. The van der Waals surface area contributed by atoms with Crippen molar-refractivity contribution in [3.63, 3.8) is 0 Å². The van der Waals surface area contributed by atoms with Crippen LogP contribution in [0, 0.1) is 0 Å². The summed E-state index contributed by atoms with van der Waals surface area (Å²) in [5.74, 6) is 2.60. The minimum absolute atomic E-state index is 0. The molecular formula is C14H28IN5O. The van der Waals surface area contributed by atoms with Gasteiger partial charge >= 0.3 is 0 Å². The summed E-state index contributed by atoms with van der Waals surface area (Å²) >= 11 is 0. The molecule has 0 fully saturated rings. The van der Waals surface area contributed by atoms with Gasteiger partial charge in [-0.25, -0.2) is 0 Å². The molecule has 1 rings (SSSR count). The normalized spacial score (nSPS) is 12.2. The fraction of sp³-hybridized carbons (Fsp3) is 0.786. The molecular weight excluding hydrogens is 381 g/mol. The van der Waals surface area contributed by atoms with Crippen LogP contribution in [-0.2, 0) is 6.42 Å². The van der Waals surface area contributed by atoms with Crippen molar-refractivity contribution in [2.75, 3.05) is 13.6 Å². The van der Waals surface area contributed by atoms with Gasteiger partial charge in [-0.3, -0.25) is 4.99 Å². The zero-order chi connectivity index (χ0) is 15.2. The molecule has 0 amide bonds. The Bertz CT molecular complexity index is 437. The number of hydrogen-bond donors (Lipinski definition) is 2. The predicted molar refractivity (Wildman–Crippen MR) is 96.4 cm³/mol. The number of aliphatic imine (C=N–C) groups is 1. The lowest BCUT2D eigenvalue weighted by Crippen LogP contribution is -2.47. The molecule has 0 aliphatic carbocycles. The first-order valence-corrected chi connectivity index (χ1v) is 7.13. The summed E-state index contributed by atoms with van der Waals surface area (Å²) < 4.78 is 5.21. The third-order valence-corrected chi connectivity index (χ3v) is 2.58. The highest BCUT2D eigenvalue weighted by atomic mass is 127. The maximum Gasteiger partial charge on any atom is 0.226 e.